The minimum absolute atomic E-state index is 0.0960. The Morgan fingerprint density at radius 3 is 2.90 bits per heavy atom. The van der Waals surface area contributed by atoms with Gasteiger partial charge in [-0.2, -0.15) is 0 Å². The average Bonchev–Trinajstić information content (AvgIpc) is 3.11. The van der Waals surface area contributed by atoms with Crippen molar-refractivity contribution >= 4 is 22.5 Å². The average molecular weight is 282 g/mol. The molecule has 21 heavy (non-hydrogen) atoms. The van der Waals surface area contributed by atoms with E-state index in [4.69, 9.17) is 0 Å². The van der Waals surface area contributed by atoms with Gasteiger partial charge in [0.1, 0.15) is 5.69 Å². The van der Waals surface area contributed by atoms with Crippen LogP contribution in [0.25, 0.3) is 10.9 Å². The van der Waals surface area contributed by atoms with E-state index in [9.17, 15) is 9.90 Å². The fraction of sp³-hybridized carbons (Fsp3) is 0.133. The van der Waals surface area contributed by atoms with Crippen molar-refractivity contribution < 1.29 is 9.90 Å². The van der Waals surface area contributed by atoms with E-state index in [1.165, 1.54) is 0 Å². The molecular formula is C15H14N4O2. The molecule has 3 rings (SSSR count). The third-order valence-electron chi connectivity index (χ3n) is 3.29. The highest BCUT2D eigenvalue weighted by atomic mass is 16.3. The Morgan fingerprint density at radius 1 is 1.33 bits per heavy atom. The van der Waals surface area contributed by atoms with Crippen LogP contribution in [0, 0.1) is 0 Å². The van der Waals surface area contributed by atoms with E-state index >= 15 is 0 Å². The van der Waals surface area contributed by atoms with Crippen molar-refractivity contribution in [1.82, 2.24) is 9.97 Å². The minimum atomic E-state index is -0.486. The van der Waals surface area contributed by atoms with Gasteiger partial charge in [0.2, 0.25) is 5.88 Å². The summed E-state index contributed by atoms with van der Waals surface area (Å²) in [6, 6.07) is 9.10. The fourth-order valence-corrected chi connectivity index (χ4v) is 2.14. The van der Waals surface area contributed by atoms with Gasteiger partial charge in [0, 0.05) is 11.6 Å². The molecule has 0 atom stereocenters. The first-order valence-corrected chi connectivity index (χ1v) is 6.62. The van der Waals surface area contributed by atoms with E-state index in [0.29, 0.717) is 5.69 Å². The molecule has 3 aromatic rings. The number of aryl methyl sites for hydroxylation is 1. The molecule has 2 aromatic heterocycles. The maximum absolute atomic E-state index is 11.8. The van der Waals surface area contributed by atoms with Gasteiger partial charge in [-0.3, -0.25) is 4.79 Å². The number of azo groups is 1. The van der Waals surface area contributed by atoms with Crippen molar-refractivity contribution in [3.8, 4) is 5.88 Å². The predicted molar refractivity (Wildman–Crippen MR) is 79.0 cm³/mol. The van der Waals surface area contributed by atoms with Crippen molar-refractivity contribution in [3.63, 3.8) is 0 Å². The number of aromatic amines is 2. The lowest BCUT2D eigenvalue weighted by Crippen LogP contribution is -1.92. The summed E-state index contributed by atoms with van der Waals surface area (Å²) in [5.41, 5.74) is 2.51. The molecule has 0 bridgehead atoms. The van der Waals surface area contributed by atoms with Gasteiger partial charge in [-0.15, -0.1) is 10.2 Å². The van der Waals surface area contributed by atoms with E-state index in [1.54, 1.807) is 18.3 Å². The van der Waals surface area contributed by atoms with Crippen LogP contribution >= 0.6 is 0 Å². The maximum Gasteiger partial charge on any atom is 0.311 e. The first-order chi connectivity index (χ1) is 10.2. The number of fused-ring (bicyclic) bond motifs is 1. The normalized spacial score (nSPS) is 11.5. The fourth-order valence-electron chi connectivity index (χ4n) is 2.14. The van der Waals surface area contributed by atoms with Crippen LogP contribution in [-0.4, -0.2) is 21.0 Å². The Kier molecular flexibility index (Phi) is 3.27. The number of carbonyl (C=O) groups excluding carboxylic acids is 1. The minimum Gasteiger partial charge on any atom is -0.493 e. The van der Waals surface area contributed by atoms with Crippen LogP contribution in [-0.2, 0) is 6.42 Å². The van der Waals surface area contributed by atoms with Gasteiger partial charge in [-0.1, -0.05) is 13.0 Å². The highest BCUT2D eigenvalue weighted by Crippen LogP contribution is 2.36. The second-order valence-electron chi connectivity index (χ2n) is 4.64. The molecule has 0 aliphatic heterocycles. The summed E-state index contributed by atoms with van der Waals surface area (Å²) in [7, 11) is 0. The number of hydrogen-bond acceptors (Lipinski definition) is 3. The molecule has 0 unspecified atom stereocenters. The van der Waals surface area contributed by atoms with Gasteiger partial charge < -0.3 is 15.1 Å². The second-order valence-corrected chi connectivity index (χ2v) is 4.64. The van der Waals surface area contributed by atoms with Crippen LogP contribution in [0.15, 0.2) is 46.8 Å². The third kappa shape index (κ3) is 2.43. The number of aromatic nitrogens is 2. The van der Waals surface area contributed by atoms with Crippen LogP contribution in [0.4, 0.5) is 5.69 Å². The number of nitrogens with one attached hydrogen (secondary N) is 2. The van der Waals surface area contributed by atoms with Crippen LogP contribution in [0.1, 0.15) is 23.0 Å². The number of amides is 1. The number of rotatable bonds is 3. The number of H-pyrrole nitrogens is 2. The largest absolute Gasteiger partial charge is 0.493 e. The van der Waals surface area contributed by atoms with E-state index in [-0.39, 0.29) is 11.6 Å². The Bertz CT molecular complexity index is 816. The molecule has 0 spiro atoms. The van der Waals surface area contributed by atoms with Crippen molar-refractivity contribution in [2.24, 2.45) is 10.2 Å². The highest BCUT2D eigenvalue weighted by molar-refractivity contribution is 5.96. The molecule has 6 nitrogen and oxygen atoms in total. The zero-order chi connectivity index (χ0) is 14.8. The summed E-state index contributed by atoms with van der Waals surface area (Å²) in [5, 5.41) is 18.2. The van der Waals surface area contributed by atoms with Crippen molar-refractivity contribution in [2.75, 3.05) is 0 Å². The SMILES string of the molecule is CCc1ccc2[nH]c(O)c(N=NC(=O)c3ccc[nH]3)c2c1. The summed E-state index contributed by atoms with van der Waals surface area (Å²) in [4.78, 5) is 17.4. The Balaban J connectivity index is 1.99. The van der Waals surface area contributed by atoms with Crippen molar-refractivity contribution in [2.45, 2.75) is 13.3 Å². The van der Waals surface area contributed by atoms with Crippen molar-refractivity contribution in [3.05, 3.63) is 47.8 Å². The second kappa shape index (κ2) is 5.24. The first kappa shape index (κ1) is 13.1. The molecule has 0 saturated heterocycles. The van der Waals surface area contributed by atoms with E-state index in [2.05, 4.69) is 20.2 Å². The summed E-state index contributed by atoms with van der Waals surface area (Å²) in [6.45, 7) is 2.05. The molecule has 0 aliphatic carbocycles. The Hall–Kier alpha value is -2.89. The predicted octanol–water partition coefficient (Wildman–Crippen LogP) is 3.69. The molecule has 0 fully saturated rings. The molecular weight excluding hydrogens is 268 g/mol. The molecule has 0 radical (unpaired) electrons. The van der Waals surface area contributed by atoms with Crippen LogP contribution in [0.5, 0.6) is 5.88 Å². The lowest BCUT2D eigenvalue weighted by Gasteiger charge is -1.96. The zero-order valence-corrected chi connectivity index (χ0v) is 11.4. The van der Waals surface area contributed by atoms with Gasteiger partial charge >= 0.3 is 5.91 Å². The summed E-state index contributed by atoms with van der Waals surface area (Å²) in [5.74, 6) is -0.582. The standard InChI is InChI=1S/C15H14N4O2/c1-2-9-5-6-11-10(8-9)13(15(21)17-11)18-19-14(20)12-4-3-7-16-12/h3-8,16-17,21H,2H2,1H3. The maximum atomic E-state index is 11.8. The molecule has 1 aromatic carbocycles. The van der Waals surface area contributed by atoms with E-state index in [1.807, 2.05) is 25.1 Å². The molecule has 0 saturated carbocycles. The summed E-state index contributed by atoms with van der Waals surface area (Å²) in [6.07, 6.45) is 2.51. The number of nitrogens with zero attached hydrogens (tertiary/aromatic N) is 2. The topological polar surface area (TPSA) is 93.6 Å². The Labute approximate surface area is 120 Å². The number of aromatic hydroxyl groups is 1. The number of carbonyl (C=O) groups is 1. The van der Waals surface area contributed by atoms with Gasteiger partial charge in [-0.25, -0.2) is 0 Å². The lowest BCUT2D eigenvalue weighted by molar-refractivity contribution is 0.0991. The quantitative estimate of drug-likeness (QED) is 0.639. The summed E-state index contributed by atoms with van der Waals surface area (Å²) < 4.78 is 0. The third-order valence-corrected chi connectivity index (χ3v) is 3.29. The van der Waals surface area contributed by atoms with Gasteiger partial charge in [0.05, 0.1) is 5.52 Å². The highest BCUT2D eigenvalue weighted by Gasteiger charge is 2.12. The van der Waals surface area contributed by atoms with Crippen LogP contribution in [0.3, 0.4) is 0 Å². The summed E-state index contributed by atoms with van der Waals surface area (Å²) >= 11 is 0. The van der Waals surface area contributed by atoms with Crippen LogP contribution < -0.4 is 0 Å². The van der Waals surface area contributed by atoms with Gasteiger partial charge in [0.25, 0.3) is 0 Å². The number of hydrogen-bond donors (Lipinski definition) is 3. The molecule has 6 heteroatoms. The van der Waals surface area contributed by atoms with Gasteiger partial charge in [0.15, 0.2) is 5.69 Å². The van der Waals surface area contributed by atoms with E-state index in [0.717, 1.165) is 22.9 Å². The molecule has 0 aliphatic rings. The first-order valence-electron chi connectivity index (χ1n) is 6.62. The van der Waals surface area contributed by atoms with Gasteiger partial charge in [-0.05, 0) is 36.2 Å². The zero-order valence-electron chi connectivity index (χ0n) is 11.4. The number of benzene rings is 1. The molecule has 3 N–H and O–H groups in total. The lowest BCUT2D eigenvalue weighted by atomic mass is 10.1. The molecule has 106 valence electrons. The molecule has 2 heterocycles. The Morgan fingerprint density at radius 2 is 2.19 bits per heavy atom. The molecule has 1 amide bonds. The smallest absolute Gasteiger partial charge is 0.311 e. The van der Waals surface area contributed by atoms with Crippen LogP contribution in [0.2, 0.25) is 0 Å². The van der Waals surface area contributed by atoms with Crippen molar-refractivity contribution in [1.29, 1.82) is 0 Å². The van der Waals surface area contributed by atoms with E-state index < -0.39 is 5.91 Å². The monoisotopic (exact) mass is 282 g/mol.